The number of amides is 2. The predicted octanol–water partition coefficient (Wildman–Crippen LogP) is 23.9. The summed E-state index contributed by atoms with van der Waals surface area (Å²) >= 11 is 20.0. The van der Waals surface area contributed by atoms with Crippen molar-refractivity contribution in [2.24, 2.45) is 20.0 Å². The van der Waals surface area contributed by atoms with E-state index in [0.717, 1.165) is 47.0 Å². The second kappa shape index (κ2) is 42.1. The van der Waals surface area contributed by atoms with E-state index < -0.39 is 47.5 Å². The van der Waals surface area contributed by atoms with Crippen LogP contribution in [0.25, 0.3) is 0 Å². The molecule has 0 bridgehead atoms. The summed E-state index contributed by atoms with van der Waals surface area (Å²) in [4.78, 5) is 74.2. The minimum absolute atomic E-state index is 0. The third kappa shape index (κ3) is 22.5. The molecule has 5 aliphatic heterocycles. The van der Waals surface area contributed by atoms with Crippen molar-refractivity contribution < 1.29 is 89.8 Å². The molecule has 0 aromatic heterocycles. The van der Waals surface area contributed by atoms with Gasteiger partial charge in [-0.2, -0.15) is 0 Å². The third-order valence-electron chi connectivity index (χ3n) is 18.3. The predicted molar refractivity (Wildman–Crippen MR) is 479 cm³/mol. The Hall–Kier alpha value is -14.4. The zero-order valence-corrected chi connectivity index (χ0v) is 68.7. The summed E-state index contributed by atoms with van der Waals surface area (Å²) in [6, 6.07) is 89.6. The van der Waals surface area contributed by atoms with Gasteiger partial charge >= 0.3 is 18.3 Å². The van der Waals surface area contributed by atoms with Crippen molar-refractivity contribution in [2.45, 2.75) is 7.43 Å². The van der Waals surface area contributed by atoms with Crippen molar-refractivity contribution in [3.63, 3.8) is 0 Å². The van der Waals surface area contributed by atoms with Crippen LogP contribution in [0.15, 0.2) is 335 Å². The molecule has 21 nitrogen and oxygen atoms in total. The van der Waals surface area contributed by atoms with Crippen LogP contribution in [0.4, 0.5) is 46.0 Å². The number of aldehydes is 2. The second-order valence-corrected chi connectivity index (χ2v) is 33.4. The summed E-state index contributed by atoms with van der Waals surface area (Å²) in [6.45, 7) is 0. The van der Waals surface area contributed by atoms with Gasteiger partial charge in [0.2, 0.25) is 0 Å². The fourth-order valence-electron chi connectivity index (χ4n) is 12.5. The van der Waals surface area contributed by atoms with Gasteiger partial charge in [0.1, 0.15) is 92.5 Å². The normalized spacial score (nSPS) is 12.0. The summed E-state index contributed by atoms with van der Waals surface area (Å²) < 4.78 is 100. The summed E-state index contributed by atoms with van der Waals surface area (Å²) in [5.41, 5.74) is 10.7. The quantitative estimate of drug-likeness (QED) is 0.0180. The molecule has 0 saturated heterocycles. The zero-order valence-electron chi connectivity index (χ0n) is 64.8. The number of hydrogen-bond acceptors (Lipinski definition) is 19. The number of nitrogens with zero attached hydrogens (tertiary/aromatic N) is 4. The maximum Gasteiger partial charge on any atom is 0.491 e. The Morgan fingerprint density at radius 1 is 0.405 bits per heavy atom. The van der Waals surface area contributed by atoms with E-state index >= 15 is 0 Å². The Morgan fingerprint density at radius 2 is 0.714 bits per heavy atom. The number of hydroxylamine groups is 1. The molecule has 5 aliphatic rings. The number of methoxy groups -OCH3 is 1. The lowest BCUT2D eigenvalue weighted by molar-refractivity contribution is 0.0599. The number of halogens is 8. The fraction of sp³-hybridized carbons (Fsp3) is 0.0211. The van der Waals surface area contributed by atoms with Crippen molar-refractivity contribution in [1.82, 2.24) is 5.48 Å². The van der Waals surface area contributed by atoms with E-state index in [1.807, 2.05) is 206 Å². The highest BCUT2D eigenvalue weighted by molar-refractivity contribution is 8.24. The van der Waals surface area contributed by atoms with Crippen molar-refractivity contribution in [3.8, 4) is 57.5 Å². The highest BCUT2D eigenvalue weighted by atomic mass is 36.0. The van der Waals surface area contributed by atoms with Crippen LogP contribution in [0.3, 0.4) is 0 Å². The topological polar surface area (TPSA) is 292 Å². The Balaban J connectivity index is 0.000000138. The Morgan fingerprint density at radius 3 is 1.10 bits per heavy atom. The number of benzene rings is 14. The average Bonchev–Trinajstić information content (AvgIpc) is 1.61. The van der Waals surface area contributed by atoms with E-state index in [1.54, 1.807) is 48.5 Å². The van der Waals surface area contributed by atoms with Crippen LogP contribution >= 0.6 is 50.5 Å². The van der Waals surface area contributed by atoms with Crippen LogP contribution in [0.5, 0.6) is 57.5 Å². The summed E-state index contributed by atoms with van der Waals surface area (Å²) in [7, 11) is -0.584. The molecule has 0 unspecified atom stereocenters. The smallest absolute Gasteiger partial charge is 0.465 e. The van der Waals surface area contributed by atoms with E-state index in [-0.39, 0.29) is 52.2 Å². The van der Waals surface area contributed by atoms with Gasteiger partial charge in [-0.15, -0.1) is 0 Å². The number of carbonyl (C=O) groups is 5. The van der Waals surface area contributed by atoms with Crippen LogP contribution in [0.2, 0.25) is 0 Å². The molecule has 630 valence electrons. The molecule has 0 fully saturated rings. The SMILES string of the molecule is C.COC(=O)c1ccc(C2=Nc3ccccc3Oc3ccccc32)c(F)c1.ClC1=Nc2ccccc2Oc2ccccc21.O=C(NO)c1ccc(C2=Nc3ccccc3Oc3ccccc32)c(F)c1.O=C1Nc2ccccc2Oc2ccccc21.O=Cc1ccc(B(O)O)c(F)c1.O=Cc1ccc(C2=Nc3ccccc3Oc3ccccc32)c(F)c1.O=P(Cl)(Cl)Cl. The van der Waals surface area contributed by atoms with Crippen LogP contribution in [0, 0.1) is 23.3 Å². The first-order chi connectivity index (χ1) is 60.4. The lowest BCUT2D eigenvalue weighted by Gasteiger charge is -2.11. The van der Waals surface area contributed by atoms with Gasteiger partial charge in [-0.05, 0) is 210 Å². The molecule has 5 heterocycles. The monoisotopic (exact) mass is 1790 g/mol. The molecule has 0 radical (unpaired) electrons. The Labute approximate surface area is 737 Å². The second-order valence-electron chi connectivity index (χ2n) is 26.4. The molecule has 126 heavy (non-hydrogen) atoms. The first kappa shape index (κ1) is 90.8. The number of hydrogen-bond donors (Lipinski definition) is 5. The van der Waals surface area contributed by atoms with Crippen molar-refractivity contribution in [3.05, 3.63) is 405 Å². The Kier molecular flexibility index (Phi) is 30.3. The first-order valence-corrected chi connectivity index (χ1v) is 42.0. The number of anilines is 1. The molecule has 31 heteroatoms. The van der Waals surface area contributed by atoms with Gasteiger partial charge < -0.3 is 43.8 Å². The first-order valence-electron chi connectivity index (χ1n) is 37.2. The lowest BCUT2D eigenvalue weighted by atomic mass is 9.79. The van der Waals surface area contributed by atoms with E-state index in [0.29, 0.717) is 131 Å². The molecule has 2 amide bonds. The van der Waals surface area contributed by atoms with Crippen molar-refractivity contribution in [2.75, 3.05) is 12.4 Å². The van der Waals surface area contributed by atoms with Crippen LogP contribution < -0.4 is 39.9 Å². The summed E-state index contributed by atoms with van der Waals surface area (Å²) in [5.74, 6) is 2.29. The molecular weight excluding hydrogens is 1720 g/mol. The van der Waals surface area contributed by atoms with Crippen molar-refractivity contribution >= 4 is 144 Å². The maximum atomic E-state index is 14.8. The third-order valence-corrected chi connectivity index (χ3v) is 18.6. The lowest BCUT2D eigenvalue weighted by Crippen LogP contribution is -2.32. The average molecular weight is 1790 g/mol. The molecule has 14 aromatic carbocycles. The summed E-state index contributed by atoms with van der Waals surface area (Å²) in [6.07, 6.45) is 1.10. The molecule has 14 aromatic rings. The van der Waals surface area contributed by atoms with Crippen LogP contribution in [0.1, 0.15) is 98.2 Å². The highest BCUT2D eigenvalue weighted by Gasteiger charge is 2.28. The maximum absolute atomic E-state index is 14.8. The van der Waals surface area contributed by atoms with Gasteiger partial charge in [-0.1, -0.05) is 159 Å². The number of ether oxygens (including phenoxy) is 6. The molecule has 5 N–H and O–H groups in total. The standard InChI is InChI=1S/C21H14FNO3.C20H13FN2O3.C20H12FNO2.C13H8ClNO.C13H9NO2.C7H6BFO3.CH4.Cl3OP/c1-25-21(24)13-10-11-14(16(22)12-13)20-15-6-2-4-8-18(15)26-19-9-5-3-7-17(19)23-20;21-15-11-12(20(24)23-25)9-10-13(15)19-14-5-1-3-7-17(14)26-18-8-4-2-6-16(18)22-19;21-16-11-13(12-23)9-10-14(16)20-15-5-1-3-7-18(15)24-19-8-4-2-6-17(19)22-20;14-13-9-5-1-3-7-11(9)16-12-8-4-2-6-10(12)15-13;15-13-9-5-1-3-7-11(9)16-12-8-4-2-6-10(12)14-13;9-7-3-5(4-10)1-2-6(7)8(11)12;;1-5(2,3)4/h2-12H,1H3;1-11,25H,(H,23,24);1-12H;1-8H;1-8H,(H,14,15);1-4,11-12H;1H4;. The van der Waals surface area contributed by atoms with Gasteiger partial charge in [0.05, 0.1) is 46.6 Å². The number of aliphatic imine (C=N–C) groups is 4. The van der Waals surface area contributed by atoms with E-state index in [1.165, 1.54) is 49.0 Å². The minimum Gasteiger partial charge on any atom is -0.465 e. The van der Waals surface area contributed by atoms with Crippen molar-refractivity contribution in [1.29, 1.82) is 0 Å². The van der Waals surface area contributed by atoms with E-state index in [2.05, 4.69) is 63.7 Å². The molecule has 0 saturated carbocycles. The summed E-state index contributed by atoms with van der Waals surface area (Å²) in [5, 5.41) is 26.0. The van der Waals surface area contributed by atoms with E-state index in [4.69, 9.17) is 50.5 Å². The molecule has 0 aliphatic carbocycles. The number of rotatable bonds is 8. The van der Waals surface area contributed by atoms with Gasteiger partial charge in [0, 0.05) is 55.5 Å². The fourth-order valence-corrected chi connectivity index (χ4v) is 12.8. The number of fused-ring (bicyclic) bond motifs is 10. The Bertz CT molecular complexity index is 6480. The van der Waals surface area contributed by atoms with Gasteiger partial charge in [-0.25, -0.2) is 47.8 Å². The molecule has 0 spiro atoms. The molecule has 19 rings (SSSR count). The van der Waals surface area contributed by atoms with Crippen LogP contribution in [-0.4, -0.2) is 82.1 Å². The highest BCUT2D eigenvalue weighted by Crippen LogP contribution is 2.61. The number of nitrogens with one attached hydrogen (secondary N) is 2. The molecular formula is C95H66BCl4F4N6O15P. The zero-order chi connectivity index (χ0) is 88.3. The number of carbonyl (C=O) groups excluding carboxylic acids is 5. The largest absolute Gasteiger partial charge is 0.491 e. The van der Waals surface area contributed by atoms with Gasteiger partial charge in [0.15, 0.2) is 28.7 Å². The number of esters is 1. The minimum atomic E-state index is -3.22. The molecule has 0 atom stereocenters. The van der Waals surface area contributed by atoms with Gasteiger partial charge in [0.25, 0.3) is 11.8 Å². The van der Waals surface area contributed by atoms with Gasteiger partial charge in [-0.3, -0.25) is 29.0 Å². The van der Waals surface area contributed by atoms with Crippen LogP contribution in [-0.2, 0) is 9.30 Å². The number of para-hydroxylation sites is 15. The van der Waals surface area contributed by atoms with E-state index in [9.17, 15) is 46.1 Å².